The third-order valence-corrected chi connectivity index (χ3v) is 2.34. The lowest BCUT2D eigenvalue weighted by Crippen LogP contribution is -2.15. The van der Waals surface area contributed by atoms with Gasteiger partial charge in [0.1, 0.15) is 0 Å². The molecule has 7 nitrogen and oxygen atoms in total. The molecule has 92 valence electrons. The van der Waals surface area contributed by atoms with Crippen LogP contribution in [0.3, 0.4) is 0 Å². The van der Waals surface area contributed by atoms with Crippen LogP contribution < -0.4 is 5.69 Å². The van der Waals surface area contributed by atoms with Crippen LogP contribution in [0, 0.1) is 0 Å². The zero-order valence-corrected chi connectivity index (χ0v) is 8.95. The Hall–Kier alpha value is -2.83. The third kappa shape index (κ3) is 2.01. The Bertz CT molecular complexity index is 650. The molecule has 18 heavy (non-hydrogen) atoms. The molecule has 7 heteroatoms. The number of carbonyl (C=O) groups is 2. The molecule has 0 aliphatic heterocycles. The molecule has 2 aromatic rings. The van der Waals surface area contributed by atoms with E-state index in [9.17, 15) is 14.4 Å². The highest BCUT2D eigenvalue weighted by Gasteiger charge is 2.12. The number of H-pyrrole nitrogens is 1. The van der Waals surface area contributed by atoms with Crippen molar-refractivity contribution >= 4 is 11.9 Å². The first-order chi connectivity index (χ1) is 8.49. The van der Waals surface area contributed by atoms with Gasteiger partial charge in [-0.1, -0.05) is 0 Å². The smallest absolute Gasteiger partial charge is 0.335 e. The molecule has 1 aromatic carbocycles. The van der Waals surface area contributed by atoms with Gasteiger partial charge < -0.3 is 15.2 Å². The van der Waals surface area contributed by atoms with Crippen molar-refractivity contribution in [2.75, 3.05) is 0 Å². The first-order valence-electron chi connectivity index (χ1n) is 4.87. The maximum Gasteiger partial charge on any atom is 0.335 e. The van der Waals surface area contributed by atoms with Gasteiger partial charge in [-0.05, 0) is 18.2 Å². The molecular weight excluding hydrogens is 240 g/mol. The summed E-state index contributed by atoms with van der Waals surface area (Å²) in [4.78, 5) is 35.6. The second-order valence-electron chi connectivity index (χ2n) is 3.51. The molecule has 2 rings (SSSR count). The van der Waals surface area contributed by atoms with E-state index in [1.807, 2.05) is 0 Å². The van der Waals surface area contributed by atoms with Gasteiger partial charge in [0.25, 0.3) is 0 Å². The van der Waals surface area contributed by atoms with E-state index in [-0.39, 0.29) is 16.8 Å². The van der Waals surface area contributed by atoms with Gasteiger partial charge >= 0.3 is 17.6 Å². The van der Waals surface area contributed by atoms with Crippen LogP contribution in [-0.4, -0.2) is 31.7 Å². The molecule has 0 radical (unpaired) electrons. The molecule has 1 aromatic heterocycles. The van der Waals surface area contributed by atoms with Crippen molar-refractivity contribution in [1.82, 2.24) is 9.55 Å². The predicted octanol–water partition coefficient (Wildman–Crippen LogP) is 0.562. The number of aromatic nitrogens is 2. The van der Waals surface area contributed by atoms with Gasteiger partial charge in [-0.3, -0.25) is 4.57 Å². The molecule has 0 saturated heterocycles. The maximum atomic E-state index is 11.4. The fraction of sp³-hybridized carbons (Fsp3) is 0. The Balaban J connectivity index is 2.68. The zero-order valence-electron chi connectivity index (χ0n) is 8.95. The molecule has 0 amide bonds. The van der Waals surface area contributed by atoms with Crippen LogP contribution in [0.4, 0.5) is 0 Å². The lowest BCUT2D eigenvalue weighted by Gasteiger charge is -2.05. The van der Waals surface area contributed by atoms with E-state index in [0.717, 1.165) is 10.6 Å². The quantitative estimate of drug-likeness (QED) is 0.734. The van der Waals surface area contributed by atoms with Crippen LogP contribution >= 0.6 is 0 Å². The molecule has 0 unspecified atom stereocenters. The number of rotatable bonds is 3. The Kier molecular flexibility index (Phi) is 2.72. The Labute approximate surface area is 99.9 Å². The zero-order chi connectivity index (χ0) is 13.3. The SMILES string of the molecule is O=C(O)c1cc(C(=O)O)cc(-n2cc[nH]c2=O)c1. The first-order valence-corrected chi connectivity index (χ1v) is 4.87. The minimum Gasteiger partial charge on any atom is -0.478 e. The lowest BCUT2D eigenvalue weighted by molar-refractivity contribution is 0.0696. The predicted molar refractivity (Wildman–Crippen MR) is 60.3 cm³/mol. The second-order valence-corrected chi connectivity index (χ2v) is 3.51. The summed E-state index contributed by atoms with van der Waals surface area (Å²) in [6, 6.07) is 3.49. The van der Waals surface area contributed by atoms with Crippen LogP contribution in [0.2, 0.25) is 0 Å². The number of imidazole rings is 1. The summed E-state index contributed by atoms with van der Waals surface area (Å²) < 4.78 is 1.12. The van der Waals surface area contributed by atoms with E-state index in [1.165, 1.54) is 24.5 Å². The van der Waals surface area contributed by atoms with E-state index in [0.29, 0.717) is 0 Å². The van der Waals surface area contributed by atoms with E-state index < -0.39 is 17.6 Å². The highest BCUT2D eigenvalue weighted by molar-refractivity contribution is 5.94. The maximum absolute atomic E-state index is 11.4. The minimum atomic E-state index is -1.26. The Morgan fingerprint density at radius 2 is 1.61 bits per heavy atom. The summed E-state index contributed by atoms with van der Waals surface area (Å²) in [5, 5.41) is 17.8. The number of benzene rings is 1. The van der Waals surface area contributed by atoms with Crippen LogP contribution in [0.25, 0.3) is 5.69 Å². The number of carboxylic acids is 2. The van der Waals surface area contributed by atoms with E-state index in [2.05, 4.69) is 4.98 Å². The second kappa shape index (κ2) is 4.21. The number of aromatic amines is 1. The van der Waals surface area contributed by atoms with Gasteiger partial charge in [-0.2, -0.15) is 0 Å². The van der Waals surface area contributed by atoms with Gasteiger partial charge in [0.05, 0.1) is 16.8 Å². The van der Waals surface area contributed by atoms with Crippen molar-refractivity contribution in [3.8, 4) is 5.69 Å². The number of nitrogens with one attached hydrogen (secondary N) is 1. The van der Waals surface area contributed by atoms with Crippen molar-refractivity contribution in [2.24, 2.45) is 0 Å². The van der Waals surface area contributed by atoms with Crippen molar-refractivity contribution < 1.29 is 19.8 Å². The Morgan fingerprint density at radius 3 is 2.00 bits per heavy atom. The van der Waals surface area contributed by atoms with Crippen LogP contribution in [-0.2, 0) is 0 Å². The number of nitrogens with zero attached hydrogens (tertiary/aromatic N) is 1. The highest BCUT2D eigenvalue weighted by atomic mass is 16.4. The fourth-order valence-electron chi connectivity index (χ4n) is 1.52. The van der Waals surface area contributed by atoms with Crippen LogP contribution in [0.1, 0.15) is 20.7 Å². The van der Waals surface area contributed by atoms with Gasteiger partial charge in [0.2, 0.25) is 0 Å². The number of aromatic carboxylic acids is 2. The molecule has 3 N–H and O–H groups in total. The molecule has 0 saturated carbocycles. The Morgan fingerprint density at radius 1 is 1.06 bits per heavy atom. The summed E-state index contributed by atoms with van der Waals surface area (Å²) in [7, 11) is 0. The molecule has 0 atom stereocenters. The monoisotopic (exact) mass is 248 g/mol. The summed E-state index contributed by atoms with van der Waals surface area (Å²) in [5.41, 5.74) is -0.691. The average Bonchev–Trinajstić information content (AvgIpc) is 2.74. The molecular formula is C11H8N2O5. The summed E-state index contributed by atoms with van der Waals surface area (Å²) in [5.74, 6) is -2.52. The largest absolute Gasteiger partial charge is 0.478 e. The number of hydrogen-bond acceptors (Lipinski definition) is 3. The third-order valence-electron chi connectivity index (χ3n) is 2.34. The highest BCUT2D eigenvalue weighted by Crippen LogP contribution is 2.13. The molecule has 0 fully saturated rings. The standard InChI is InChI=1S/C11H8N2O5/c14-9(15)6-3-7(10(16)17)5-8(4-6)13-2-1-12-11(13)18/h1-5H,(H,12,18)(H,14,15)(H,16,17). The lowest BCUT2D eigenvalue weighted by atomic mass is 10.1. The minimum absolute atomic E-state index is 0.179. The van der Waals surface area contributed by atoms with E-state index in [4.69, 9.17) is 10.2 Å². The van der Waals surface area contributed by atoms with Crippen LogP contribution in [0.15, 0.2) is 35.4 Å². The molecule has 0 spiro atoms. The summed E-state index contributed by atoms with van der Waals surface area (Å²) in [6.45, 7) is 0. The van der Waals surface area contributed by atoms with E-state index >= 15 is 0 Å². The van der Waals surface area contributed by atoms with Gasteiger partial charge in [-0.15, -0.1) is 0 Å². The van der Waals surface area contributed by atoms with Crippen molar-refractivity contribution in [2.45, 2.75) is 0 Å². The van der Waals surface area contributed by atoms with Gasteiger partial charge in [-0.25, -0.2) is 14.4 Å². The van der Waals surface area contributed by atoms with E-state index in [1.54, 1.807) is 0 Å². The summed E-state index contributed by atoms with van der Waals surface area (Å²) in [6.07, 6.45) is 2.76. The topological polar surface area (TPSA) is 112 Å². The van der Waals surface area contributed by atoms with Crippen molar-refractivity contribution in [3.05, 3.63) is 52.2 Å². The summed E-state index contributed by atoms with van der Waals surface area (Å²) >= 11 is 0. The molecule has 0 bridgehead atoms. The normalized spacial score (nSPS) is 10.2. The number of hydrogen-bond donors (Lipinski definition) is 3. The van der Waals surface area contributed by atoms with Gasteiger partial charge in [0.15, 0.2) is 0 Å². The molecule has 1 heterocycles. The van der Waals surface area contributed by atoms with Gasteiger partial charge in [0, 0.05) is 12.4 Å². The number of carboxylic acid groups (broad SMARTS) is 2. The average molecular weight is 248 g/mol. The van der Waals surface area contributed by atoms with Crippen LogP contribution in [0.5, 0.6) is 0 Å². The molecule has 0 aliphatic rings. The first kappa shape index (κ1) is 11.6. The molecule has 0 aliphatic carbocycles. The van der Waals surface area contributed by atoms with Crippen molar-refractivity contribution in [1.29, 1.82) is 0 Å². The fourth-order valence-corrected chi connectivity index (χ4v) is 1.52. The van der Waals surface area contributed by atoms with Crippen molar-refractivity contribution in [3.63, 3.8) is 0 Å².